The zero-order valence-electron chi connectivity index (χ0n) is 18.9. The fraction of sp³-hybridized carbons (Fsp3) is 0.320. The Hall–Kier alpha value is -3.81. The normalized spacial score (nSPS) is 12.6. The number of fused-ring (bicyclic) bond motifs is 2. The summed E-state index contributed by atoms with van der Waals surface area (Å²) >= 11 is 0. The number of rotatable bonds is 7. The first-order valence-electron chi connectivity index (χ1n) is 10.7. The van der Waals surface area contributed by atoms with Gasteiger partial charge in [-0.2, -0.15) is 0 Å². The molecule has 1 N–H and O–H groups in total. The molecule has 0 saturated heterocycles. The standard InChI is InChI=1S/C25H26N2O6/c1-30-20-12-15(13-21(31-2)24(20)32-3)26-22(28)14-33-25(29)23-16-8-4-6-10-18(16)27-19-11-7-5-9-17(19)23/h4,6,8,10,12-13H,5,7,9,11,14H2,1-3H3,(H,26,28). The Balaban J connectivity index is 1.52. The maximum Gasteiger partial charge on any atom is 0.339 e. The van der Waals surface area contributed by atoms with E-state index in [1.165, 1.54) is 21.3 Å². The Kier molecular flexibility index (Phi) is 6.63. The van der Waals surface area contributed by atoms with Gasteiger partial charge in [0.15, 0.2) is 18.1 Å². The number of para-hydroxylation sites is 1. The highest BCUT2D eigenvalue weighted by atomic mass is 16.5. The first-order chi connectivity index (χ1) is 16.0. The largest absolute Gasteiger partial charge is 0.493 e. The van der Waals surface area contributed by atoms with Crippen LogP contribution in [-0.4, -0.2) is 44.8 Å². The van der Waals surface area contributed by atoms with Crippen molar-refractivity contribution in [2.45, 2.75) is 25.7 Å². The topological polar surface area (TPSA) is 96.0 Å². The Morgan fingerprint density at radius 1 is 0.970 bits per heavy atom. The molecule has 1 aromatic heterocycles. The predicted molar refractivity (Wildman–Crippen MR) is 123 cm³/mol. The van der Waals surface area contributed by atoms with Gasteiger partial charge in [0.05, 0.1) is 32.4 Å². The van der Waals surface area contributed by atoms with Gasteiger partial charge < -0.3 is 24.3 Å². The highest BCUT2D eigenvalue weighted by Crippen LogP contribution is 2.40. The van der Waals surface area contributed by atoms with Crippen LogP contribution in [0.3, 0.4) is 0 Å². The van der Waals surface area contributed by atoms with Crippen LogP contribution in [0.1, 0.15) is 34.5 Å². The minimum atomic E-state index is -0.521. The van der Waals surface area contributed by atoms with Gasteiger partial charge in [0.1, 0.15) is 0 Å². The number of benzene rings is 2. The molecule has 0 spiro atoms. The zero-order chi connectivity index (χ0) is 23.4. The minimum Gasteiger partial charge on any atom is -0.493 e. The Labute approximate surface area is 191 Å². The number of anilines is 1. The third-order valence-corrected chi connectivity index (χ3v) is 5.66. The average Bonchev–Trinajstić information content (AvgIpc) is 2.85. The van der Waals surface area contributed by atoms with Gasteiger partial charge in [-0.25, -0.2) is 4.79 Å². The first-order valence-corrected chi connectivity index (χ1v) is 10.7. The number of amides is 1. The molecular formula is C25H26N2O6. The molecule has 33 heavy (non-hydrogen) atoms. The minimum absolute atomic E-state index is 0.402. The van der Waals surface area contributed by atoms with E-state index in [9.17, 15) is 9.59 Å². The number of ether oxygens (including phenoxy) is 4. The van der Waals surface area contributed by atoms with E-state index < -0.39 is 18.5 Å². The van der Waals surface area contributed by atoms with Gasteiger partial charge >= 0.3 is 5.97 Å². The number of carbonyl (C=O) groups is 2. The summed E-state index contributed by atoms with van der Waals surface area (Å²) in [4.78, 5) is 30.4. The molecule has 0 unspecified atom stereocenters. The summed E-state index contributed by atoms with van der Waals surface area (Å²) in [6.07, 6.45) is 3.65. The molecule has 0 radical (unpaired) electrons. The number of aryl methyl sites for hydroxylation is 1. The molecule has 1 aliphatic rings. The molecule has 0 fully saturated rings. The average molecular weight is 450 g/mol. The van der Waals surface area contributed by atoms with Crippen LogP contribution < -0.4 is 19.5 Å². The number of nitrogens with one attached hydrogen (secondary N) is 1. The summed E-state index contributed by atoms with van der Waals surface area (Å²) in [6.45, 7) is -0.430. The lowest BCUT2D eigenvalue weighted by atomic mass is 9.90. The smallest absolute Gasteiger partial charge is 0.339 e. The number of hydrogen-bond donors (Lipinski definition) is 1. The molecule has 8 nitrogen and oxygen atoms in total. The van der Waals surface area contributed by atoms with Crippen molar-refractivity contribution in [2.75, 3.05) is 33.3 Å². The van der Waals surface area contributed by atoms with E-state index in [0.717, 1.165) is 47.8 Å². The van der Waals surface area contributed by atoms with Crippen molar-refractivity contribution in [3.63, 3.8) is 0 Å². The first kappa shape index (κ1) is 22.4. The van der Waals surface area contributed by atoms with Crippen molar-refractivity contribution >= 4 is 28.5 Å². The van der Waals surface area contributed by atoms with Crippen molar-refractivity contribution in [1.29, 1.82) is 0 Å². The van der Waals surface area contributed by atoms with Gasteiger partial charge in [-0.05, 0) is 37.3 Å². The fourth-order valence-corrected chi connectivity index (χ4v) is 4.16. The molecule has 0 aliphatic heterocycles. The second-order valence-electron chi connectivity index (χ2n) is 7.67. The quantitative estimate of drug-likeness (QED) is 0.545. The summed E-state index contributed by atoms with van der Waals surface area (Å²) in [7, 11) is 4.48. The molecule has 2 aromatic carbocycles. The van der Waals surface area contributed by atoms with E-state index in [4.69, 9.17) is 23.9 Å². The summed E-state index contributed by atoms with van der Waals surface area (Å²) in [6, 6.07) is 10.7. The molecule has 3 aromatic rings. The molecule has 1 heterocycles. The second kappa shape index (κ2) is 9.77. The van der Waals surface area contributed by atoms with Crippen LogP contribution >= 0.6 is 0 Å². The SMILES string of the molecule is COc1cc(NC(=O)COC(=O)c2c3c(nc4ccccc24)CCCC3)cc(OC)c1OC. The van der Waals surface area contributed by atoms with E-state index >= 15 is 0 Å². The number of aromatic nitrogens is 1. The molecule has 1 amide bonds. The number of methoxy groups -OCH3 is 3. The molecular weight excluding hydrogens is 424 g/mol. The zero-order valence-corrected chi connectivity index (χ0v) is 18.9. The van der Waals surface area contributed by atoms with Crippen molar-refractivity contribution in [1.82, 2.24) is 4.98 Å². The molecule has 172 valence electrons. The molecule has 8 heteroatoms. The van der Waals surface area contributed by atoms with Crippen molar-refractivity contribution in [3.8, 4) is 17.2 Å². The monoisotopic (exact) mass is 450 g/mol. The van der Waals surface area contributed by atoms with Crippen molar-refractivity contribution < 1.29 is 28.5 Å². The molecule has 0 atom stereocenters. The van der Waals surface area contributed by atoms with Gasteiger partial charge in [-0.15, -0.1) is 0 Å². The number of carbonyl (C=O) groups excluding carboxylic acids is 2. The maximum atomic E-state index is 13.1. The van der Waals surface area contributed by atoms with Gasteiger partial charge in [0.2, 0.25) is 5.75 Å². The third-order valence-electron chi connectivity index (χ3n) is 5.66. The van der Waals surface area contributed by atoms with Gasteiger partial charge in [0.25, 0.3) is 5.91 Å². The number of nitrogens with zero attached hydrogens (tertiary/aromatic N) is 1. The van der Waals surface area contributed by atoms with Crippen LogP contribution in [0.4, 0.5) is 5.69 Å². The van der Waals surface area contributed by atoms with Gasteiger partial charge in [-0.3, -0.25) is 9.78 Å². The van der Waals surface area contributed by atoms with Gasteiger partial charge in [0, 0.05) is 28.9 Å². The van der Waals surface area contributed by atoms with Crippen LogP contribution in [0.5, 0.6) is 17.2 Å². The Morgan fingerprint density at radius 3 is 2.36 bits per heavy atom. The lowest BCUT2D eigenvalue weighted by molar-refractivity contribution is -0.119. The number of esters is 1. The van der Waals surface area contributed by atoms with Crippen LogP contribution in [0, 0.1) is 0 Å². The third kappa shape index (κ3) is 4.55. The summed E-state index contributed by atoms with van der Waals surface area (Å²) in [5, 5.41) is 3.45. The van der Waals surface area contributed by atoms with Crippen LogP contribution in [0.15, 0.2) is 36.4 Å². The maximum absolute atomic E-state index is 13.1. The van der Waals surface area contributed by atoms with Gasteiger partial charge in [-0.1, -0.05) is 18.2 Å². The number of hydrogen-bond acceptors (Lipinski definition) is 7. The lowest BCUT2D eigenvalue weighted by Crippen LogP contribution is -2.22. The number of pyridine rings is 1. The second-order valence-corrected chi connectivity index (χ2v) is 7.67. The highest BCUT2D eigenvalue weighted by Gasteiger charge is 2.24. The van der Waals surface area contributed by atoms with E-state index in [2.05, 4.69) is 5.32 Å². The van der Waals surface area contributed by atoms with E-state index in [0.29, 0.717) is 28.5 Å². The molecule has 0 saturated carbocycles. The fourth-order valence-electron chi connectivity index (χ4n) is 4.16. The Bertz CT molecular complexity index is 1180. The molecule has 4 rings (SSSR count). The predicted octanol–water partition coefficient (Wildman–Crippen LogP) is 3.93. The van der Waals surface area contributed by atoms with Crippen LogP contribution in [0.25, 0.3) is 10.9 Å². The van der Waals surface area contributed by atoms with E-state index in [1.54, 1.807) is 12.1 Å². The van der Waals surface area contributed by atoms with E-state index in [-0.39, 0.29) is 0 Å². The van der Waals surface area contributed by atoms with Crippen molar-refractivity contribution in [3.05, 3.63) is 53.2 Å². The van der Waals surface area contributed by atoms with Crippen molar-refractivity contribution in [2.24, 2.45) is 0 Å². The van der Waals surface area contributed by atoms with Crippen LogP contribution in [0.2, 0.25) is 0 Å². The molecule has 0 bridgehead atoms. The van der Waals surface area contributed by atoms with E-state index in [1.807, 2.05) is 24.3 Å². The molecule has 1 aliphatic carbocycles. The summed E-state index contributed by atoms with van der Waals surface area (Å²) < 4.78 is 21.3. The summed E-state index contributed by atoms with van der Waals surface area (Å²) in [5.74, 6) is 0.216. The Morgan fingerprint density at radius 2 is 1.67 bits per heavy atom. The lowest BCUT2D eigenvalue weighted by Gasteiger charge is -2.20. The van der Waals surface area contributed by atoms with Crippen LogP contribution in [-0.2, 0) is 22.4 Å². The summed E-state index contributed by atoms with van der Waals surface area (Å²) in [5.41, 5.74) is 3.56. The highest BCUT2D eigenvalue weighted by molar-refractivity contribution is 6.06.